The van der Waals surface area contributed by atoms with Crippen LogP contribution in [0.5, 0.6) is 0 Å². The van der Waals surface area contributed by atoms with Crippen molar-refractivity contribution in [2.75, 3.05) is 11.4 Å². The quantitative estimate of drug-likeness (QED) is 0.864. The maximum Gasteiger partial charge on any atom is 0.227 e. The fourth-order valence-electron chi connectivity index (χ4n) is 3.77. The maximum atomic E-state index is 12.6. The number of benzene rings is 1. The molecule has 24 heavy (non-hydrogen) atoms. The maximum absolute atomic E-state index is 12.6. The van der Waals surface area contributed by atoms with Crippen LogP contribution in [0.15, 0.2) is 18.2 Å². The van der Waals surface area contributed by atoms with Crippen LogP contribution in [-0.4, -0.2) is 24.4 Å². The second kappa shape index (κ2) is 7.37. The lowest BCUT2D eigenvalue weighted by atomic mass is 10.0. The largest absolute Gasteiger partial charge is 0.353 e. The van der Waals surface area contributed by atoms with Crippen LogP contribution in [0.25, 0.3) is 0 Å². The minimum Gasteiger partial charge on any atom is -0.353 e. The third-order valence-electron chi connectivity index (χ3n) is 5.50. The molecule has 1 aromatic carbocycles. The van der Waals surface area contributed by atoms with E-state index in [9.17, 15) is 9.59 Å². The highest BCUT2D eigenvalue weighted by molar-refractivity contribution is 6.00. The van der Waals surface area contributed by atoms with Crippen molar-refractivity contribution >= 4 is 17.5 Å². The monoisotopic (exact) mass is 328 g/mol. The van der Waals surface area contributed by atoms with Gasteiger partial charge in [0.05, 0.1) is 5.92 Å². The van der Waals surface area contributed by atoms with E-state index < -0.39 is 0 Å². The normalized spacial score (nSPS) is 22.5. The second-order valence-corrected chi connectivity index (χ2v) is 7.37. The molecule has 1 atom stereocenters. The van der Waals surface area contributed by atoms with Crippen molar-refractivity contribution in [1.82, 2.24) is 5.32 Å². The molecule has 1 saturated carbocycles. The van der Waals surface area contributed by atoms with E-state index in [-0.39, 0.29) is 17.7 Å². The molecule has 1 aliphatic carbocycles. The van der Waals surface area contributed by atoms with Crippen molar-refractivity contribution in [2.45, 2.75) is 64.8 Å². The van der Waals surface area contributed by atoms with E-state index in [0.29, 0.717) is 19.0 Å². The lowest BCUT2D eigenvalue weighted by Crippen LogP contribution is -2.39. The van der Waals surface area contributed by atoms with Gasteiger partial charge < -0.3 is 10.2 Å². The van der Waals surface area contributed by atoms with Gasteiger partial charge in [-0.2, -0.15) is 0 Å². The predicted molar refractivity (Wildman–Crippen MR) is 96.0 cm³/mol. The molecule has 2 fully saturated rings. The summed E-state index contributed by atoms with van der Waals surface area (Å²) in [5.74, 6) is -0.108. The lowest BCUT2D eigenvalue weighted by Gasteiger charge is -2.20. The summed E-state index contributed by atoms with van der Waals surface area (Å²) in [5, 5.41) is 3.20. The Hall–Kier alpha value is -1.84. The zero-order chi connectivity index (χ0) is 17.1. The van der Waals surface area contributed by atoms with E-state index in [0.717, 1.165) is 18.5 Å². The Bertz CT molecular complexity index is 618. The zero-order valence-corrected chi connectivity index (χ0v) is 14.8. The molecule has 130 valence electrons. The molecule has 2 amide bonds. The van der Waals surface area contributed by atoms with Crippen molar-refractivity contribution in [3.05, 3.63) is 29.3 Å². The van der Waals surface area contributed by atoms with Crippen LogP contribution in [0.1, 0.15) is 56.1 Å². The van der Waals surface area contributed by atoms with Gasteiger partial charge in [0.15, 0.2) is 0 Å². The number of anilines is 1. The summed E-state index contributed by atoms with van der Waals surface area (Å²) in [6, 6.07) is 6.35. The van der Waals surface area contributed by atoms with Crippen molar-refractivity contribution in [3.63, 3.8) is 0 Å². The molecule has 0 radical (unpaired) electrons. The Morgan fingerprint density at radius 2 is 1.79 bits per heavy atom. The van der Waals surface area contributed by atoms with Crippen LogP contribution in [0.2, 0.25) is 0 Å². The number of carbonyl (C=O) groups is 2. The summed E-state index contributed by atoms with van der Waals surface area (Å²) in [5.41, 5.74) is 3.30. The molecule has 1 aromatic rings. The summed E-state index contributed by atoms with van der Waals surface area (Å²) < 4.78 is 0. The minimum atomic E-state index is -0.220. The van der Waals surface area contributed by atoms with E-state index in [1.54, 1.807) is 4.90 Å². The molecule has 1 heterocycles. The Labute approximate surface area is 144 Å². The first-order chi connectivity index (χ1) is 11.5. The van der Waals surface area contributed by atoms with E-state index in [1.807, 2.05) is 18.2 Å². The Balaban J connectivity index is 1.63. The SMILES string of the molecule is Cc1ccc(N2CC(C(=O)NC3CCCCCC3)CC2=O)cc1C. The Morgan fingerprint density at radius 3 is 2.46 bits per heavy atom. The van der Waals surface area contributed by atoms with E-state index in [4.69, 9.17) is 0 Å². The summed E-state index contributed by atoms with van der Waals surface area (Å²) in [4.78, 5) is 26.7. The smallest absolute Gasteiger partial charge is 0.227 e. The summed E-state index contributed by atoms with van der Waals surface area (Å²) >= 11 is 0. The fourth-order valence-corrected chi connectivity index (χ4v) is 3.77. The molecule has 3 rings (SSSR count). The second-order valence-electron chi connectivity index (χ2n) is 7.37. The molecule has 0 bridgehead atoms. The molecule has 0 spiro atoms. The first-order valence-electron chi connectivity index (χ1n) is 9.22. The van der Waals surface area contributed by atoms with Crippen LogP contribution in [0.3, 0.4) is 0 Å². The van der Waals surface area contributed by atoms with Crippen molar-refractivity contribution in [3.8, 4) is 0 Å². The summed E-state index contributed by atoms with van der Waals surface area (Å²) in [6.07, 6.45) is 7.42. The van der Waals surface area contributed by atoms with Crippen LogP contribution in [0.4, 0.5) is 5.69 Å². The molecule has 1 saturated heterocycles. The molecular formula is C20H28N2O2. The Kier molecular flexibility index (Phi) is 5.22. The van der Waals surface area contributed by atoms with Crippen molar-refractivity contribution in [1.29, 1.82) is 0 Å². The van der Waals surface area contributed by atoms with Gasteiger partial charge in [-0.25, -0.2) is 0 Å². The summed E-state index contributed by atoms with van der Waals surface area (Å²) in [6.45, 7) is 4.61. The molecular weight excluding hydrogens is 300 g/mol. The van der Waals surface area contributed by atoms with Gasteiger partial charge in [0, 0.05) is 24.7 Å². The van der Waals surface area contributed by atoms with Gasteiger partial charge in [-0.05, 0) is 49.9 Å². The van der Waals surface area contributed by atoms with Crippen LogP contribution >= 0.6 is 0 Å². The highest BCUT2D eigenvalue weighted by Crippen LogP contribution is 2.27. The summed E-state index contributed by atoms with van der Waals surface area (Å²) in [7, 11) is 0. The number of amides is 2. The minimum absolute atomic E-state index is 0.0549. The van der Waals surface area contributed by atoms with E-state index in [2.05, 4.69) is 19.2 Å². The van der Waals surface area contributed by atoms with Gasteiger partial charge in [-0.15, -0.1) is 0 Å². The van der Waals surface area contributed by atoms with Gasteiger partial charge in [0.1, 0.15) is 0 Å². The van der Waals surface area contributed by atoms with E-state index >= 15 is 0 Å². The molecule has 1 unspecified atom stereocenters. The van der Waals surface area contributed by atoms with E-state index in [1.165, 1.54) is 36.8 Å². The number of nitrogens with zero attached hydrogens (tertiary/aromatic N) is 1. The van der Waals surface area contributed by atoms with Gasteiger partial charge in [-0.1, -0.05) is 31.7 Å². The van der Waals surface area contributed by atoms with Crippen LogP contribution in [-0.2, 0) is 9.59 Å². The average molecular weight is 328 g/mol. The molecule has 2 aliphatic rings. The third-order valence-corrected chi connectivity index (χ3v) is 5.50. The first-order valence-corrected chi connectivity index (χ1v) is 9.22. The predicted octanol–water partition coefficient (Wildman–Crippen LogP) is 3.50. The van der Waals surface area contributed by atoms with Gasteiger partial charge >= 0.3 is 0 Å². The van der Waals surface area contributed by atoms with Gasteiger partial charge in [-0.3, -0.25) is 9.59 Å². The lowest BCUT2D eigenvalue weighted by molar-refractivity contribution is -0.127. The van der Waals surface area contributed by atoms with Crippen molar-refractivity contribution < 1.29 is 9.59 Å². The van der Waals surface area contributed by atoms with Crippen LogP contribution < -0.4 is 10.2 Å². The Morgan fingerprint density at radius 1 is 1.08 bits per heavy atom. The topological polar surface area (TPSA) is 49.4 Å². The van der Waals surface area contributed by atoms with Crippen molar-refractivity contribution in [2.24, 2.45) is 5.92 Å². The van der Waals surface area contributed by atoms with Gasteiger partial charge in [0.25, 0.3) is 0 Å². The highest BCUT2D eigenvalue weighted by atomic mass is 16.2. The number of aryl methyl sites for hydroxylation is 2. The molecule has 1 aliphatic heterocycles. The number of nitrogens with one attached hydrogen (secondary N) is 1. The average Bonchev–Trinajstić information content (AvgIpc) is 2.77. The molecule has 4 nitrogen and oxygen atoms in total. The first kappa shape index (κ1) is 17.0. The number of hydrogen-bond donors (Lipinski definition) is 1. The van der Waals surface area contributed by atoms with Gasteiger partial charge in [0.2, 0.25) is 11.8 Å². The number of rotatable bonds is 3. The third kappa shape index (κ3) is 3.80. The zero-order valence-electron chi connectivity index (χ0n) is 14.8. The highest BCUT2D eigenvalue weighted by Gasteiger charge is 2.35. The number of hydrogen-bond acceptors (Lipinski definition) is 2. The molecule has 4 heteroatoms. The molecule has 0 aromatic heterocycles. The number of carbonyl (C=O) groups excluding carboxylic acids is 2. The standard InChI is InChI=1S/C20H28N2O2/c1-14-9-10-18(11-15(14)2)22-13-16(12-19(22)23)20(24)21-17-7-5-3-4-6-8-17/h9-11,16-17H,3-8,12-13H2,1-2H3,(H,21,24). The fraction of sp³-hybridized carbons (Fsp3) is 0.600. The van der Waals surface area contributed by atoms with Crippen LogP contribution in [0, 0.1) is 19.8 Å². The molecule has 1 N–H and O–H groups in total.